The van der Waals surface area contributed by atoms with E-state index >= 15 is 0 Å². The molecule has 0 radical (unpaired) electrons. The van der Waals surface area contributed by atoms with Crippen LogP contribution in [0.1, 0.15) is 38.8 Å². The molecule has 3 N–H and O–H groups in total. The van der Waals surface area contributed by atoms with Crippen molar-refractivity contribution in [3.05, 3.63) is 106 Å². The van der Waals surface area contributed by atoms with E-state index in [0.717, 1.165) is 22.8 Å². The number of rotatable bonds is 2. The minimum Gasteiger partial charge on any atom is -0.871 e. The van der Waals surface area contributed by atoms with Gasteiger partial charge in [-0.05, 0) is 35.4 Å². The van der Waals surface area contributed by atoms with E-state index in [4.69, 9.17) is 0 Å². The molecule has 0 amide bonds. The van der Waals surface area contributed by atoms with Gasteiger partial charge in [-0.15, -0.1) is 0 Å². The molecular weight excluding hydrogens is 372 g/mol. The van der Waals surface area contributed by atoms with Gasteiger partial charge in [0.05, 0.1) is 0 Å². The van der Waals surface area contributed by atoms with Crippen molar-refractivity contribution in [1.29, 1.82) is 0 Å². The minimum absolute atomic E-state index is 0.0575. The second-order valence-electron chi connectivity index (χ2n) is 9.21. The lowest BCUT2D eigenvalue weighted by Gasteiger charge is -2.31. The van der Waals surface area contributed by atoms with Crippen LogP contribution in [0.2, 0.25) is 0 Å². The lowest BCUT2D eigenvalue weighted by Crippen LogP contribution is -2.25. The van der Waals surface area contributed by atoms with E-state index < -0.39 is 0 Å². The zero-order valence-corrected chi connectivity index (χ0v) is 17.6. The number of nitrogens with one attached hydrogen (secondary N) is 2. The molecule has 152 valence electrons. The second-order valence-corrected chi connectivity index (χ2v) is 9.21. The van der Waals surface area contributed by atoms with Crippen LogP contribution in [0.3, 0.4) is 0 Å². The number of hydrogen-bond acceptors (Lipinski definition) is 4. The maximum Gasteiger partial charge on any atom is 0.128 e. The number of aliphatic hydroxyl groups excluding tert-OH is 1. The fourth-order valence-corrected chi connectivity index (χ4v) is 4.60. The molecule has 2 aliphatic heterocycles. The average molecular weight is 397 g/mol. The largest absolute Gasteiger partial charge is 0.871 e. The first-order valence-corrected chi connectivity index (χ1v) is 10.2. The predicted octanol–water partition coefficient (Wildman–Crippen LogP) is 5.00. The molecule has 2 aromatic rings. The second kappa shape index (κ2) is 6.05. The van der Waals surface area contributed by atoms with E-state index in [9.17, 15) is 10.2 Å². The summed E-state index contributed by atoms with van der Waals surface area (Å²) in [5.74, 6) is -0.0725. The molecule has 0 bridgehead atoms. The van der Waals surface area contributed by atoms with Crippen molar-refractivity contribution < 1.29 is 10.2 Å². The molecular formula is C26H25N2O2-. The Morgan fingerprint density at radius 1 is 0.733 bits per heavy atom. The van der Waals surface area contributed by atoms with Crippen LogP contribution in [-0.2, 0) is 10.8 Å². The van der Waals surface area contributed by atoms with Crippen molar-refractivity contribution in [2.75, 3.05) is 10.6 Å². The lowest BCUT2D eigenvalue weighted by molar-refractivity contribution is -0.300. The first kappa shape index (κ1) is 18.6. The number of allylic oxidation sites excluding steroid dienone is 4. The van der Waals surface area contributed by atoms with E-state index in [1.165, 1.54) is 11.1 Å². The first-order valence-electron chi connectivity index (χ1n) is 10.2. The minimum atomic E-state index is -0.255. The summed E-state index contributed by atoms with van der Waals surface area (Å²) in [7, 11) is 0. The Kier molecular flexibility index (Phi) is 3.75. The third-order valence-electron chi connectivity index (χ3n) is 6.66. The topological polar surface area (TPSA) is 67.3 Å². The standard InChI is InChI=1S/C26H26N2O2/c1-25(2)17-9-5-7-11-19(17)27-21(25)13-15-23(29)16(24(15)30)14-22-26(3,4)18-10-6-8-12-20(18)28-22/h5-14,27-30H,1-4H3/p-1/b21-13-,22-14-. The van der Waals surface area contributed by atoms with E-state index in [2.05, 4.69) is 50.5 Å². The van der Waals surface area contributed by atoms with Crippen LogP contribution in [0.15, 0.2) is 94.7 Å². The number of para-hydroxylation sites is 2. The van der Waals surface area contributed by atoms with Gasteiger partial charge in [0, 0.05) is 44.7 Å². The molecule has 2 heterocycles. The average Bonchev–Trinajstić information content (AvgIpc) is 3.14. The molecule has 0 aromatic heterocycles. The van der Waals surface area contributed by atoms with Crippen molar-refractivity contribution in [3.8, 4) is 0 Å². The number of aliphatic hydroxyl groups is 1. The molecule has 0 fully saturated rings. The smallest absolute Gasteiger partial charge is 0.128 e. The number of fused-ring (bicyclic) bond motifs is 2. The van der Waals surface area contributed by atoms with Crippen LogP contribution in [0.4, 0.5) is 11.4 Å². The molecule has 1 aliphatic carbocycles. The molecule has 2 aromatic carbocycles. The SMILES string of the molecule is CC1(C)/C(=C/C2=C([O-])C(/C=C3\Nc4ccccc4C3(C)C)=C2O)Nc2ccccc21. The van der Waals surface area contributed by atoms with Gasteiger partial charge >= 0.3 is 0 Å². The van der Waals surface area contributed by atoms with Gasteiger partial charge in [-0.25, -0.2) is 0 Å². The highest BCUT2D eigenvalue weighted by Gasteiger charge is 2.37. The summed E-state index contributed by atoms with van der Waals surface area (Å²) in [5, 5.41) is 30.4. The van der Waals surface area contributed by atoms with Gasteiger partial charge in [0.1, 0.15) is 5.76 Å². The molecule has 0 atom stereocenters. The summed E-state index contributed by atoms with van der Waals surface area (Å²) in [6.07, 6.45) is 3.59. The Bertz CT molecular complexity index is 1100. The van der Waals surface area contributed by atoms with Gasteiger partial charge in [0.2, 0.25) is 0 Å². The molecule has 0 saturated heterocycles. The summed E-state index contributed by atoms with van der Waals surface area (Å²) < 4.78 is 0. The fourth-order valence-electron chi connectivity index (χ4n) is 4.60. The Hall–Kier alpha value is -3.40. The zero-order valence-electron chi connectivity index (χ0n) is 17.6. The van der Waals surface area contributed by atoms with Crippen LogP contribution in [0.5, 0.6) is 0 Å². The Balaban J connectivity index is 1.46. The van der Waals surface area contributed by atoms with Crippen LogP contribution < -0.4 is 15.7 Å². The van der Waals surface area contributed by atoms with Crippen molar-refractivity contribution >= 4 is 11.4 Å². The van der Waals surface area contributed by atoms with Crippen molar-refractivity contribution in [2.24, 2.45) is 0 Å². The molecule has 0 unspecified atom stereocenters. The lowest BCUT2D eigenvalue weighted by atomic mass is 9.80. The highest BCUT2D eigenvalue weighted by Crippen LogP contribution is 2.47. The Morgan fingerprint density at radius 2 is 1.17 bits per heavy atom. The number of benzene rings is 2. The van der Waals surface area contributed by atoms with Crippen LogP contribution in [0, 0.1) is 0 Å². The van der Waals surface area contributed by atoms with Crippen molar-refractivity contribution in [1.82, 2.24) is 0 Å². The summed E-state index contributed by atoms with van der Waals surface area (Å²) in [6, 6.07) is 16.3. The maximum absolute atomic E-state index is 12.9. The normalized spacial score (nSPS) is 23.2. The van der Waals surface area contributed by atoms with E-state index in [1.807, 2.05) is 36.4 Å². The van der Waals surface area contributed by atoms with Crippen LogP contribution in [-0.4, -0.2) is 5.11 Å². The van der Waals surface area contributed by atoms with Gasteiger partial charge in [0.15, 0.2) is 0 Å². The molecule has 0 spiro atoms. The van der Waals surface area contributed by atoms with Gasteiger partial charge < -0.3 is 20.8 Å². The molecule has 4 nitrogen and oxygen atoms in total. The van der Waals surface area contributed by atoms with Gasteiger partial charge in [-0.1, -0.05) is 69.9 Å². The molecule has 0 saturated carbocycles. The molecule has 4 heteroatoms. The summed E-state index contributed by atoms with van der Waals surface area (Å²) in [6.45, 7) is 8.47. The Labute approximate surface area is 177 Å². The molecule has 3 aliphatic rings. The molecule has 30 heavy (non-hydrogen) atoms. The van der Waals surface area contributed by atoms with Crippen molar-refractivity contribution in [2.45, 2.75) is 38.5 Å². The third-order valence-corrected chi connectivity index (χ3v) is 6.66. The van der Waals surface area contributed by atoms with E-state index in [-0.39, 0.29) is 22.3 Å². The first-order chi connectivity index (χ1) is 14.2. The van der Waals surface area contributed by atoms with Crippen molar-refractivity contribution in [3.63, 3.8) is 0 Å². The predicted molar refractivity (Wildman–Crippen MR) is 119 cm³/mol. The van der Waals surface area contributed by atoms with Gasteiger partial charge in [-0.2, -0.15) is 0 Å². The third kappa shape index (κ3) is 2.46. The Morgan fingerprint density at radius 3 is 1.60 bits per heavy atom. The monoisotopic (exact) mass is 397 g/mol. The van der Waals surface area contributed by atoms with Gasteiger partial charge in [-0.3, -0.25) is 0 Å². The van der Waals surface area contributed by atoms with E-state index in [1.54, 1.807) is 12.2 Å². The summed E-state index contributed by atoms with van der Waals surface area (Å²) in [4.78, 5) is 0. The summed E-state index contributed by atoms with van der Waals surface area (Å²) in [5.41, 5.74) is 6.49. The molecule has 5 rings (SSSR count). The number of hydrogen-bond donors (Lipinski definition) is 3. The quantitative estimate of drug-likeness (QED) is 0.667. The zero-order chi connectivity index (χ0) is 21.3. The van der Waals surface area contributed by atoms with Gasteiger partial charge in [0.25, 0.3) is 0 Å². The van der Waals surface area contributed by atoms with E-state index in [0.29, 0.717) is 11.1 Å². The maximum atomic E-state index is 12.9. The van der Waals surface area contributed by atoms with Crippen LogP contribution >= 0.6 is 0 Å². The summed E-state index contributed by atoms with van der Waals surface area (Å²) >= 11 is 0. The highest BCUT2D eigenvalue weighted by molar-refractivity contribution is 5.73. The van der Waals surface area contributed by atoms with Crippen LogP contribution in [0.25, 0.3) is 0 Å². The fraction of sp³-hybridized carbons (Fsp3) is 0.231. The number of anilines is 2. The highest BCUT2D eigenvalue weighted by atomic mass is 16.3.